The molecule has 18 heavy (non-hydrogen) atoms. The number of carbonyl (C=O) groups is 1. The lowest BCUT2D eigenvalue weighted by Crippen LogP contribution is -2.53. The first kappa shape index (κ1) is 12.9. The third kappa shape index (κ3) is 3.72. The molecule has 5 heteroatoms. The summed E-state index contributed by atoms with van der Waals surface area (Å²) in [5.74, 6) is 0. The fourth-order valence-corrected chi connectivity index (χ4v) is 1.91. The molecule has 0 radical (unpaired) electrons. The summed E-state index contributed by atoms with van der Waals surface area (Å²) in [5, 5.41) is 15.5. The van der Waals surface area contributed by atoms with Crippen molar-refractivity contribution in [3.05, 3.63) is 35.9 Å². The summed E-state index contributed by atoms with van der Waals surface area (Å²) in [7, 11) is 0. The van der Waals surface area contributed by atoms with Crippen molar-refractivity contribution in [2.45, 2.75) is 25.2 Å². The smallest absolute Gasteiger partial charge is 0.407 e. The molecule has 0 aliphatic carbocycles. The van der Waals surface area contributed by atoms with Gasteiger partial charge in [0.05, 0.1) is 12.1 Å². The van der Waals surface area contributed by atoms with E-state index in [-0.39, 0.29) is 12.6 Å². The van der Waals surface area contributed by atoms with Crippen LogP contribution in [0.1, 0.15) is 12.0 Å². The standard InChI is InChI=1S/C13H18N2O3/c16-12-6-7-14-8-11(12)15-13(17)18-9-10-4-2-1-3-5-10/h1-5,11-12,14,16H,6-9H2,(H,15,17)/t11-,12-/m1/s1. The van der Waals surface area contributed by atoms with Crippen LogP contribution < -0.4 is 10.6 Å². The number of hydrogen-bond acceptors (Lipinski definition) is 4. The number of hydrogen-bond donors (Lipinski definition) is 3. The van der Waals surface area contributed by atoms with Crippen molar-refractivity contribution < 1.29 is 14.6 Å². The Morgan fingerprint density at radius 3 is 2.94 bits per heavy atom. The zero-order chi connectivity index (χ0) is 12.8. The number of aliphatic hydroxyl groups is 1. The van der Waals surface area contributed by atoms with Crippen LogP contribution in [-0.2, 0) is 11.3 Å². The second-order valence-corrected chi connectivity index (χ2v) is 4.37. The van der Waals surface area contributed by atoms with Gasteiger partial charge in [-0.25, -0.2) is 4.79 Å². The van der Waals surface area contributed by atoms with Gasteiger partial charge in [0.15, 0.2) is 0 Å². The minimum absolute atomic E-state index is 0.239. The van der Waals surface area contributed by atoms with Crippen LogP contribution in [0, 0.1) is 0 Å². The number of rotatable bonds is 3. The van der Waals surface area contributed by atoms with Crippen LogP contribution in [0.25, 0.3) is 0 Å². The van der Waals surface area contributed by atoms with Crippen LogP contribution in [-0.4, -0.2) is 36.4 Å². The van der Waals surface area contributed by atoms with Crippen molar-refractivity contribution in [1.29, 1.82) is 0 Å². The van der Waals surface area contributed by atoms with Gasteiger partial charge in [0, 0.05) is 6.54 Å². The van der Waals surface area contributed by atoms with E-state index in [0.29, 0.717) is 13.0 Å². The van der Waals surface area contributed by atoms with Crippen molar-refractivity contribution in [2.24, 2.45) is 0 Å². The molecule has 0 saturated carbocycles. The fourth-order valence-electron chi connectivity index (χ4n) is 1.91. The highest BCUT2D eigenvalue weighted by molar-refractivity contribution is 5.67. The zero-order valence-electron chi connectivity index (χ0n) is 10.1. The third-order valence-corrected chi connectivity index (χ3v) is 2.96. The van der Waals surface area contributed by atoms with Crippen molar-refractivity contribution in [3.63, 3.8) is 0 Å². The molecular formula is C13H18N2O3. The molecule has 0 aromatic heterocycles. The van der Waals surface area contributed by atoms with Gasteiger partial charge in [-0.15, -0.1) is 0 Å². The van der Waals surface area contributed by atoms with Gasteiger partial charge in [-0.05, 0) is 18.5 Å². The Kier molecular flexibility index (Phi) is 4.55. The van der Waals surface area contributed by atoms with E-state index in [1.165, 1.54) is 0 Å². The molecule has 0 bridgehead atoms. The van der Waals surface area contributed by atoms with Gasteiger partial charge in [0.25, 0.3) is 0 Å². The lowest BCUT2D eigenvalue weighted by atomic mass is 10.0. The predicted octanol–water partition coefficient (Wildman–Crippen LogP) is 0.636. The number of amides is 1. The Balaban J connectivity index is 1.75. The van der Waals surface area contributed by atoms with Gasteiger partial charge in [0.2, 0.25) is 0 Å². The second kappa shape index (κ2) is 6.37. The Bertz CT molecular complexity index is 383. The monoisotopic (exact) mass is 250 g/mol. The second-order valence-electron chi connectivity index (χ2n) is 4.37. The molecule has 2 rings (SSSR count). The first-order valence-electron chi connectivity index (χ1n) is 6.11. The number of ether oxygens (including phenoxy) is 1. The fraction of sp³-hybridized carbons (Fsp3) is 0.462. The van der Waals surface area contributed by atoms with Crippen molar-refractivity contribution in [3.8, 4) is 0 Å². The lowest BCUT2D eigenvalue weighted by molar-refractivity contribution is 0.0843. The summed E-state index contributed by atoms with van der Waals surface area (Å²) >= 11 is 0. The first-order valence-corrected chi connectivity index (χ1v) is 6.11. The number of aliphatic hydroxyl groups excluding tert-OH is 1. The Morgan fingerprint density at radius 1 is 1.44 bits per heavy atom. The summed E-state index contributed by atoms with van der Waals surface area (Å²) in [5.41, 5.74) is 0.940. The number of piperidine rings is 1. The van der Waals surface area contributed by atoms with E-state index in [9.17, 15) is 9.90 Å². The molecular weight excluding hydrogens is 232 g/mol. The maximum atomic E-state index is 11.6. The average molecular weight is 250 g/mol. The van der Waals surface area contributed by atoms with Crippen molar-refractivity contribution >= 4 is 6.09 Å². The van der Waals surface area contributed by atoms with Gasteiger partial charge in [-0.2, -0.15) is 0 Å². The minimum atomic E-state index is -0.504. The Labute approximate surface area is 106 Å². The highest BCUT2D eigenvalue weighted by atomic mass is 16.5. The molecule has 1 aromatic rings. The summed E-state index contributed by atoms with van der Waals surface area (Å²) < 4.78 is 5.09. The van der Waals surface area contributed by atoms with Crippen molar-refractivity contribution in [2.75, 3.05) is 13.1 Å². The van der Waals surface area contributed by atoms with Crippen LogP contribution >= 0.6 is 0 Å². The highest BCUT2D eigenvalue weighted by Gasteiger charge is 2.24. The molecule has 1 aliphatic heterocycles. The Morgan fingerprint density at radius 2 is 2.22 bits per heavy atom. The van der Waals surface area contributed by atoms with E-state index in [1.807, 2.05) is 30.3 Å². The molecule has 1 fully saturated rings. The summed E-state index contributed by atoms with van der Waals surface area (Å²) in [6.07, 6.45) is -0.356. The molecule has 1 aromatic carbocycles. The van der Waals surface area contributed by atoms with Gasteiger partial charge in [0.1, 0.15) is 6.61 Å². The largest absolute Gasteiger partial charge is 0.445 e. The SMILES string of the molecule is O=C(N[C@@H]1CNCC[C@H]1O)OCc1ccccc1. The van der Waals surface area contributed by atoms with E-state index in [4.69, 9.17) is 4.74 Å². The summed E-state index contributed by atoms with van der Waals surface area (Å²) in [6, 6.07) is 9.21. The van der Waals surface area contributed by atoms with Crippen LogP contribution in [0.4, 0.5) is 4.79 Å². The quantitative estimate of drug-likeness (QED) is 0.736. The van der Waals surface area contributed by atoms with E-state index in [2.05, 4.69) is 10.6 Å². The zero-order valence-corrected chi connectivity index (χ0v) is 10.1. The molecule has 98 valence electrons. The number of carbonyl (C=O) groups excluding carboxylic acids is 1. The predicted molar refractivity (Wildman–Crippen MR) is 67.0 cm³/mol. The van der Waals surface area contributed by atoms with Gasteiger partial charge >= 0.3 is 6.09 Å². The van der Waals surface area contributed by atoms with E-state index < -0.39 is 12.2 Å². The van der Waals surface area contributed by atoms with Crippen LogP contribution in [0.15, 0.2) is 30.3 Å². The number of nitrogens with one attached hydrogen (secondary N) is 2. The van der Waals surface area contributed by atoms with Crippen LogP contribution in [0.5, 0.6) is 0 Å². The van der Waals surface area contributed by atoms with Crippen LogP contribution in [0.2, 0.25) is 0 Å². The molecule has 2 atom stereocenters. The van der Waals surface area contributed by atoms with Crippen LogP contribution in [0.3, 0.4) is 0 Å². The van der Waals surface area contributed by atoms with Crippen molar-refractivity contribution in [1.82, 2.24) is 10.6 Å². The van der Waals surface area contributed by atoms with Gasteiger partial charge < -0.3 is 20.5 Å². The summed E-state index contributed by atoms with van der Waals surface area (Å²) in [6.45, 7) is 1.59. The highest BCUT2D eigenvalue weighted by Crippen LogP contribution is 2.04. The maximum Gasteiger partial charge on any atom is 0.407 e. The van der Waals surface area contributed by atoms with Gasteiger partial charge in [-0.3, -0.25) is 0 Å². The first-order chi connectivity index (χ1) is 8.75. The van der Waals surface area contributed by atoms with E-state index >= 15 is 0 Å². The Hall–Kier alpha value is -1.59. The van der Waals surface area contributed by atoms with E-state index in [1.54, 1.807) is 0 Å². The normalized spacial score (nSPS) is 23.4. The molecule has 1 aliphatic rings. The molecule has 5 nitrogen and oxygen atoms in total. The third-order valence-electron chi connectivity index (χ3n) is 2.96. The molecule has 1 saturated heterocycles. The summed E-state index contributed by atoms with van der Waals surface area (Å²) in [4.78, 5) is 11.6. The number of benzene rings is 1. The van der Waals surface area contributed by atoms with Gasteiger partial charge in [-0.1, -0.05) is 30.3 Å². The topological polar surface area (TPSA) is 70.6 Å². The average Bonchev–Trinajstić information content (AvgIpc) is 2.40. The molecule has 3 N–H and O–H groups in total. The molecule has 1 heterocycles. The van der Waals surface area contributed by atoms with E-state index in [0.717, 1.165) is 12.1 Å². The molecule has 1 amide bonds. The maximum absolute atomic E-state index is 11.6. The lowest BCUT2D eigenvalue weighted by Gasteiger charge is -2.28. The molecule has 0 spiro atoms. The molecule has 0 unspecified atom stereocenters. The minimum Gasteiger partial charge on any atom is -0.445 e. The number of alkyl carbamates (subject to hydrolysis) is 1.